The number of hydrogen-bond donors (Lipinski definition) is 0. The van der Waals surface area contributed by atoms with Gasteiger partial charge in [-0.1, -0.05) is 30.3 Å². The fourth-order valence-corrected chi connectivity index (χ4v) is 4.74. The number of hydrogen-bond acceptors (Lipinski definition) is 4. The summed E-state index contributed by atoms with van der Waals surface area (Å²) in [4.78, 5) is 37.9. The Labute approximate surface area is 181 Å². The van der Waals surface area contributed by atoms with Crippen molar-refractivity contribution in [2.75, 3.05) is 19.6 Å². The van der Waals surface area contributed by atoms with E-state index >= 15 is 0 Å². The maximum Gasteiger partial charge on any atom is 0.255 e. The van der Waals surface area contributed by atoms with Crippen LogP contribution in [0.1, 0.15) is 41.6 Å². The predicted octanol–water partition coefficient (Wildman–Crippen LogP) is 2.90. The van der Waals surface area contributed by atoms with Gasteiger partial charge in [-0.05, 0) is 37.3 Å². The number of carbonyl (C=O) groups is 2. The van der Waals surface area contributed by atoms with Gasteiger partial charge in [0.25, 0.3) is 5.91 Å². The Bertz CT molecular complexity index is 1090. The first-order valence-corrected chi connectivity index (χ1v) is 11.1. The molecule has 0 atom stereocenters. The molecule has 31 heavy (non-hydrogen) atoms. The van der Waals surface area contributed by atoms with Gasteiger partial charge in [-0.2, -0.15) is 0 Å². The summed E-state index contributed by atoms with van der Waals surface area (Å²) < 4.78 is 2.04. The molecule has 0 unspecified atom stereocenters. The first kappa shape index (κ1) is 19.7. The highest BCUT2D eigenvalue weighted by molar-refractivity contribution is 5.96. The van der Waals surface area contributed by atoms with Crippen molar-refractivity contribution >= 4 is 23.0 Å². The molecule has 2 saturated heterocycles. The third kappa shape index (κ3) is 4.04. The molecule has 0 aliphatic carbocycles. The van der Waals surface area contributed by atoms with Gasteiger partial charge in [0.05, 0.1) is 11.9 Å². The second-order valence-electron chi connectivity index (χ2n) is 8.45. The Morgan fingerprint density at radius 2 is 1.87 bits per heavy atom. The number of likely N-dealkylation sites (tertiary alicyclic amines) is 2. The minimum Gasteiger partial charge on any atom is -0.340 e. The molecule has 2 fully saturated rings. The highest BCUT2D eigenvalue weighted by Crippen LogP contribution is 2.23. The molecule has 2 aromatic heterocycles. The normalized spacial score (nSPS) is 17.6. The van der Waals surface area contributed by atoms with E-state index in [0.717, 1.165) is 49.9 Å². The Kier molecular flexibility index (Phi) is 5.40. The second kappa shape index (κ2) is 8.49. The van der Waals surface area contributed by atoms with Gasteiger partial charge in [0.15, 0.2) is 5.65 Å². The maximum absolute atomic E-state index is 13.0. The first-order valence-electron chi connectivity index (χ1n) is 11.1. The molecular formula is C24H27N5O2. The van der Waals surface area contributed by atoms with E-state index in [2.05, 4.69) is 22.1 Å². The largest absolute Gasteiger partial charge is 0.340 e. The molecule has 0 radical (unpaired) electrons. The molecule has 2 aliphatic heterocycles. The van der Waals surface area contributed by atoms with Crippen LogP contribution in [-0.2, 0) is 17.8 Å². The third-order valence-electron chi connectivity index (χ3n) is 6.49. The summed E-state index contributed by atoms with van der Waals surface area (Å²) in [6, 6.07) is 12.5. The number of rotatable bonds is 5. The van der Waals surface area contributed by atoms with Crippen LogP contribution in [0.15, 0.2) is 48.9 Å². The molecule has 160 valence electrons. The zero-order valence-corrected chi connectivity index (χ0v) is 17.6. The van der Waals surface area contributed by atoms with Crippen molar-refractivity contribution in [3.63, 3.8) is 0 Å². The summed E-state index contributed by atoms with van der Waals surface area (Å²) in [6.45, 7) is 3.02. The van der Waals surface area contributed by atoms with E-state index in [1.807, 2.05) is 38.6 Å². The number of benzene rings is 1. The Morgan fingerprint density at radius 1 is 1.06 bits per heavy atom. The van der Waals surface area contributed by atoms with Gasteiger partial charge in [-0.15, -0.1) is 0 Å². The lowest BCUT2D eigenvalue weighted by atomic mass is 10.0. The van der Waals surface area contributed by atoms with E-state index in [1.165, 1.54) is 5.56 Å². The van der Waals surface area contributed by atoms with E-state index in [-0.39, 0.29) is 17.9 Å². The molecule has 5 rings (SSSR count). The smallest absolute Gasteiger partial charge is 0.255 e. The third-order valence-corrected chi connectivity index (χ3v) is 6.49. The number of carbonyl (C=O) groups excluding carboxylic acids is 2. The summed E-state index contributed by atoms with van der Waals surface area (Å²) in [5.74, 6) is 0.265. The minimum atomic E-state index is -0.000524. The first-order chi connectivity index (χ1) is 15.2. The van der Waals surface area contributed by atoms with Gasteiger partial charge in [0.2, 0.25) is 5.91 Å². The van der Waals surface area contributed by atoms with Crippen LogP contribution in [0.4, 0.5) is 0 Å². The van der Waals surface area contributed by atoms with E-state index in [1.54, 1.807) is 12.5 Å². The zero-order valence-electron chi connectivity index (χ0n) is 17.6. The predicted molar refractivity (Wildman–Crippen MR) is 118 cm³/mol. The lowest BCUT2D eigenvalue weighted by molar-refractivity contribution is -0.130. The summed E-state index contributed by atoms with van der Waals surface area (Å²) in [5.41, 5.74) is 3.40. The van der Waals surface area contributed by atoms with Gasteiger partial charge in [-0.3, -0.25) is 9.59 Å². The molecule has 0 saturated carbocycles. The molecule has 7 heteroatoms. The van der Waals surface area contributed by atoms with E-state index < -0.39 is 0 Å². The van der Waals surface area contributed by atoms with E-state index in [9.17, 15) is 9.59 Å². The maximum atomic E-state index is 13.0. The van der Waals surface area contributed by atoms with Crippen LogP contribution in [0, 0.1) is 0 Å². The van der Waals surface area contributed by atoms with Crippen LogP contribution in [-0.4, -0.2) is 61.8 Å². The van der Waals surface area contributed by atoms with E-state index in [4.69, 9.17) is 0 Å². The number of imidazole rings is 1. The van der Waals surface area contributed by atoms with Gasteiger partial charge in [0.1, 0.15) is 5.52 Å². The number of amides is 2. The van der Waals surface area contributed by atoms with Crippen molar-refractivity contribution in [2.24, 2.45) is 0 Å². The standard InChI is InChI=1S/C24H27N5O2/c30-22-7-4-11-29(22)20-9-13-27(14-10-20)24(31)19-15-21-23(25-16-19)28(17-26-21)12-8-18-5-2-1-3-6-18/h1-3,5-6,15-17,20H,4,7-14H2. The average Bonchev–Trinajstić information content (AvgIpc) is 3.43. The van der Waals surface area contributed by atoms with Crippen molar-refractivity contribution in [1.82, 2.24) is 24.3 Å². The van der Waals surface area contributed by atoms with Crippen LogP contribution in [0.5, 0.6) is 0 Å². The molecule has 2 aliphatic rings. The fourth-order valence-electron chi connectivity index (χ4n) is 4.74. The van der Waals surface area contributed by atoms with Gasteiger partial charge >= 0.3 is 0 Å². The van der Waals surface area contributed by atoms with Crippen LogP contribution >= 0.6 is 0 Å². The average molecular weight is 418 g/mol. The van der Waals surface area contributed by atoms with Crippen LogP contribution in [0.25, 0.3) is 11.2 Å². The number of pyridine rings is 1. The molecule has 7 nitrogen and oxygen atoms in total. The fraction of sp³-hybridized carbons (Fsp3) is 0.417. The van der Waals surface area contributed by atoms with Crippen molar-refractivity contribution in [1.29, 1.82) is 0 Å². The van der Waals surface area contributed by atoms with Crippen LogP contribution in [0.2, 0.25) is 0 Å². The van der Waals surface area contributed by atoms with Crippen LogP contribution in [0.3, 0.4) is 0 Å². The van der Waals surface area contributed by atoms with Gasteiger partial charge in [0, 0.05) is 44.8 Å². The molecule has 0 N–H and O–H groups in total. The Balaban J connectivity index is 1.23. The summed E-state index contributed by atoms with van der Waals surface area (Å²) >= 11 is 0. The summed E-state index contributed by atoms with van der Waals surface area (Å²) in [5, 5.41) is 0. The number of fused-ring (bicyclic) bond motifs is 1. The molecule has 0 bridgehead atoms. The number of nitrogens with zero attached hydrogens (tertiary/aromatic N) is 5. The van der Waals surface area contributed by atoms with Crippen LogP contribution < -0.4 is 0 Å². The van der Waals surface area contributed by atoms with Gasteiger partial charge in [-0.25, -0.2) is 9.97 Å². The lowest BCUT2D eigenvalue weighted by Gasteiger charge is -2.36. The number of piperidine rings is 1. The Hall–Kier alpha value is -3.22. The van der Waals surface area contributed by atoms with Crippen molar-refractivity contribution in [2.45, 2.75) is 44.7 Å². The highest BCUT2D eigenvalue weighted by atomic mass is 16.2. The molecule has 0 spiro atoms. The summed E-state index contributed by atoms with van der Waals surface area (Å²) in [7, 11) is 0. The number of aromatic nitrogens is 3. The number of aryl methyl sites for hydroxylation is 2. The Morgan fingerprint density at radius 3 is 2.61 bits per heavy atom. The van der Waals surface area contributed by atoms with Crippen molar-refractivity contribution in [3.8, 4) is 0 Å². The molecule has 3 aromatic rings. The van der Waals surface area contributed by atoms with Crippen molar-refractivity contribution < 1.29 is 9.59 Å². The zero-order chi connectivity index (χ0) is 21.2. The topological polar surface area (TPSA) is 71.3 Å². The van der Waals surface area contributed by atoms with E-state index in [0.29, 0.717) is 25.1 Å². The van der Waals surface area contributed by atoms with Crippen molar-refractivity contribution in [3.05, 3.63) is 60.0 Å². The lowest BCUT2D eigenvalue weighted by Crippen LogP contribution is -2.47. The molecular weight excluding hydrogens is 390 g/mol. The molecule has 1 aromatic carbocycles. The minimum absolute atomic E-state index is 0.000524. The van der Waals surface area contributed by atoms with Gasteiger partial charge < -0.3 is 14.4 Å². The quantitative estimate of drug-likeness (QED) is 0.640. The SMILES string of the molecule is O=C(c1cnc2c(c1)ncn2CCc1ccccc1)N1CCC(N2CCCC2=O)CC1. The second-order valence-corrected chi connectivity index (χ2v) is 8.45. The molecule has 2 amide bonds. The monoisotopic (exact) mass is 417 g/mol. The summed E-state index contributed by atoms with van der Waals surface area (Å²) in [6.07, 6.45) is 7.70. The highest BCUT2D eigenvalue weighted by Gasteiger charge is 2.32. The molecule has 4 heterocycles.